The van der Waals surface area contributed by atoms with E-state index in [0.29, 0.717) is 16.8 Å². The molecule has 0 aliphatic carbocycles. The molecule has 0 spiro atoms. The van der Waals surface area contributed by atoms with Gasteiger partial charge in [-0.15, -0.1) is 0 Å². The Morgan fingerprint density at radius 1 is 0.946 bits per heavy atom. The van der Waals surface area contributed by atoms with E-state index < -0.39 is 32.8 Å². The molecule has 6 rings (SSSR count). The van der Waals surface area contributed by atoms with Crippen molar-refractivity contribution in [3.63, 3.8) is 0 Å². The average Bonchev–Trinajstić information content (AvgIpc) is 3.37. The van der Waals surface area contributed by atoms with Gasteiger partial charge in [-0.2, -0.15) is 0 Å². The Labute approximate surface area is 220 Å². The maximum absolute atomic E-state index is 14.3. The van der Waals surface area contributed by atoms with Crippen LogP contribution >= 0.6 is 11.6 Å². The number of ether oxygens (including phenoxy) is 1. The maximum atomic E-state index is 14.3. The number of rotatable bonds is 2. The van der Waals surface area contributed by atoms with Crippen molar-refractivity contribution in [2.75, 3.05) is 0 Å². The first-order valence-electron chi connectivity index (χ1n) is 12.0. The molecule has 2 atom stereocenters. The minimum absolute atomic E-state index is 0.149. The van der Waals surface area contributed by atoms with Gasteiger partial charge in [0.25, 0.3) is 10.0 Å². The van der Waals surface area contributed by atoms with E-state index in [1.807, 2.05) is 38.1 Å². The van der Waals surface area contributed by atoms with Crippen LogP contribution in [0.2, 0.25) is 5.15 Å². The van der Waals surface area contributed by atoms with E-state index in [1.165, 1.54) is 3.97 Å². The van der Waals surface area contributed by atoms with Crippen LogP contribution in [-0.4, -0.2) is 34.0 Å². The molecule has 2 aliphatic heterocycles. The van der Waals surface area contributed by atoms with Crippen molar-refractivity contribution >= 4 is 38.6 Å². The summed E-state index contributed by atoms with van der Waals surface area (Å²) in [6.45, 7) is 9.17. The highest BCUT2D eigenvalue weighted by molar-refractivity contribution is 7.90. The van der Waals surface area contributed by atoms with Crippen molar-refractivity contribution in [2.24, 2.45) is 0 Å². The lowest BCUT2D eigenvalue weighted by Crippen LogP contribution is -2.49. The standard InChI is InChI=1S/C28H26ClN3O4S/c1-26(2,3)36-25(33)32-27(4)19-15-16-30-24(29)22(19)28(32,5)23-21(27)18-13-9-10-14-20(18)31(23)37(34,35)17-11-7-6-8-12-17/h6-16H,1-5H3. The molecule has 9 heteroatoms. The fourth-order valence-corrected chi connectivity index (χ4v) is 8.20. The molecule has 4 heterocycles. The molecule has 0 saturated heterocycles. The molecule has 190 valence electrons. The Kier molecular flexibility index (Phi) is 4.77. The number of para-hydroxylation sites is 1. The Morgan fingerprint density at radius 3 is 2.27 bits per heavy atom. The SMILES string of the molecule is CC(C)(C)OC(=O)N1C2(C)c3ccnc(Cl)c3C1(C)c1c2c2ccccc2n1S(=O)(=O)c1ccccc1. The molecular weight excluding hydrogens is 510 g/mol. The Balaban J connectivity index is 1.77. The fraction of sp³-hybridized carbons (Fsp3) is 0.286. The monoisotopic (exact) mass is 535 g/mol. The van der Waals surface area contributed by atoms with Crippen LogP contribution in [0.3, 0.4) is 0 Å². The molecule has 7 nitrogen and oxygen atoms in total. The van der Waals surface area contributed by atoms with Gasteiger partial charge in [0.2, 0.25) is 0 Å². The summed E-state index contributed by atoms with van der Waals surface area (Å²) in [5, 5.41) is 0.965. The van der Waals surface area contributed by atoms with Crippen LogP contribution in [0.5, 0.6) is 0 Å². The second-order valence-electron chi connectivity index (χ2n) is 10.8. The molecule has 0 fully saturated rings. The van der Waals surface area contributed by atoms with E-state index in [9.17, 15) is 13.2 Å². The van der Waals surface area contributed by atoms with Crippen LogP contribution in [0.1, 0.15) is 57.0 Å². The van der Waals surface area contributed by atoms with Gasteiger partial charge >= 0.3 is 6.09 Å². The van der Waals surface area contributed by atoms with Gasteiger partial charge in [0.1, 0.15) is 16.3 Å². The first kappa shape index (κ1) is 24.0. The molecule has 0 radical (unpaired) electrons. The Morgan fingerprint density at radius 2 is 1.59 bits per heavy atom. The molecule has 2 bridgehead atoms. The lowest BCUT2D eigenvalue weighted by molar-refractivity contribution is -0.00517. The predicted molar refractivity (Wildman–Crippen MR) is 141 cm³/mol. The molecule has 2 unspecified atom stereocenters. The van der Waals surface area contributed by atoms with Crippen LogP contribution in [0.25, 0.3) is 10.9 Å². The Hall–Kier alpha value is -3.36. The average molecular weight is 536 g/mol. The van der Waals surface area contributed by atoms with E-state index in [0.717, 1.165) is 16.5 Å². The van der Waals surface area contributed by atoms with E-state index in [-0.39, 0.29) is 10.0 Å². The van der Waals surface area contributed by atoms with Crippen LogP contribution < -0.4 is 0 Å². The van der Waals surface area contributed by atoms with Crippen molar-refractivity contribution < 1.29 is 17.9 Å². The lowest BCUT2D eigenvalue weighted by atomic mass is 9.77. The highest BCUT2D eigenvalue weighted by Gasteiger charge is 2.69. The number of halogens is 1. The number of carbonyl (C=O) groups excluding carboxylic acids is 1. The molecule has 0 N–H and O–H groups in total. The summed E-state index contributed by atoms with van der Waals surface area (Å²) in [6.07, 6.45) is 1.05. The highest BCUT2D eigenvalue weighted by atomic mass is 35.5. The first-order valence-corrected chi connectivity index (χ1v) is 13.8. The largest absolute Gasteiger partial charge is 0.444 e. The van der Waals surface area contributed by atoms with Crippen molar-refractivity contribution in [1.29, 1.82) is 0 Å². The van der Waals surface area contributed by atoms with E-state index >= 15 is 0 Å². The number of hydrogen-bond acceptors (Lipinski definition) is 5. The summed E-state index contributed by atoms with van der Waals surface area (Å²) in [4.78, 5) is 20.0. The quantitative estimate of drug-likeness (QED) is 0.293. The molecule has 1 amide bonds. The fourth-order valence-electron chi connectivity index (χ4n) is 6.22. The summed E-state index contributed by atoms with van der Waals surface area (Å²) < 4.78 is 35.8. The van der Waals surface area contributed by atoms with Crippen LogP contribution in [-0.2, 0) is 25.8 Å². The van der Waals surface area contributed by atoms with Crippen LogP contribution in [0, 0.1) is 0 Å². The number of benzene rings is 2. The highest BCUT2D eigenvalue weighted by Crippen LogP contribution is 2.66. The van der Waals surface area contributed by atoms with E-state index in [1.54, 1.807) is 68.3 Å². The summed E-state index contributed by atoms with van der Waals surface area (Å²) >= 11 is 6.72. The maximum Gasteiger partial charge on any atom is 0.412 e. The zero-order chi connectivity index (χ0) is 26.5. The molecule has 2 aromatic heterocycles. The third-order valence-electron chi connectivity index (χ3n) is 7.45. The lowest BCUT2D eigenvalue weighted by Gasteiger charge is -2.38. The van der Waals surface area contributed by atoms with Gasteiger partial charge in [-0.05, 0) is 64.4 Å². The summed E-state index contributed by atoms with van der Waals surface area (Å²) in [5.41, 5.74) is 0.0594. The summed E-state index contributed by atoms with van der Waals surface area (Å²) in [7, 11) is -4.06. The van der Waals surface area contributed by atoms with Crippen LogP contribution in [0.4, 0.5) is 4.79 Å². The first-order chi connectivity index (χ1) is 17.3. The molecule has 4 aromatic rings. The van der Waals surface area contributed by atoms with Gasteiger partial charge in [0.05, 0.1) is 21.6 Å². The molecule has 0 saturated carbocycles. The van der Waals surface area contributed by atoms with E-state index in [2.05, 4.69) is 4.98 Å². The number of fused-ring (bicyclic) bond motifs is 10. The third-order valence-corrected chi connectivity index (χ3v) is 9.46. The number of carbonyl (C=O) groups is 1. The van der Waals surface area contributed by atoms with E-state index in [4.69, 9.17) is 16.3 Å². The smallest absolute Gasteiger partial charge is 0.412 e. The van der Waals surface area contributed by atoms with Crippen molar-refractivity contribution in [1.82, 2.24) is 13.9 Å². The van der Waals surface area contributed by atoms with Gasteiger partial charge in [0.15, 0.2) is 0 Å². The number of pyridine rings is 1. The van der Waals surface area contributed by atoms with Gasteiger partial charge in [-0.3, -0.25) is 4.90 Å². The van der Waals surface area contributed by atoms with Gasteiger partial charge in [-0.25, -0.2) is 22.2 Å². The van der Waals surface area contributed by atoms with Gasteiger partial charge in [0, 0.05) is 22.7 Å². The summed E-state index contributed by atoms with van der Waals surface area (Å²) in [5.74, 6) is 0. The number of aromatic nitrogens is 2. The molecule has 2 aliphatic rings. The summed E-state index contributed by atoms with van der Waals surface area (Å²) in [6, 6.07) is 17.5. The normalized spacial score (nSPS) is 22.3. The van der Waals surface area contributed by atoms with Crippen LogP contribution in [0.15, 0.2) is 71.8 Å². The Bertz CT molecular complexity index is 1730. The van der Waals surface area contributed by atoms with Gasteiger partial charge < -0.3 is 4.74 Å². The minimum atomic E-state index is -4.06. The second kappa shape index (κ2) is 7.36. The topological polar surface area (TPSA) is 81.5 Å². The van der Waals surface area contributed by atoms with Crippen molar-refractivity contribution in [2.45, 2.75) is 56.2 Å². The minimum Gasteiger partial charge on any atom is -0.444 e. The van der Waals surface area contributed by atoms with Crippen molar-refractivity contribution in [3.8, 4) is 0 Å². The molecular formula is C28H26ClN3O4S. The third kappa shape index (κ3) is 2.91. The predicted octanol–water partition coefficient (Wildman–Crippen LogP) is 6.02. The molecule has 37 heavy (non-hydrogen) atoms. The van der Waals surface area contributed by atoms with Gasteiger partial charge in [-0.1, -0.05) is 48.0 Å². The zero-order valence-electron chi connectivity index (χ0n) is 21.1. The number of nitrogens with zero attached hydrogens (tertiary/aromatic N) is 3. The van der Waals surface area contributed by atoms with Crippen molar-refractivity contribution in [3.05, 3.63) is 94.4 Å². The number of hydrogen-bond donors (Lipinski definition) is 0. The molecule has 2 aromatic carbocycles. The zero-order valence-corrected chi connectivity index (χ0v) is 22.7. The second-order valence-corrected chi connectivity index (χ2v) is 13.0. The number of amides is 1.